The first-order chi connectivity index (χ1) is 23.9. The van der Waals surface area contributed by atoms with E-state index in [4.69, 9.17) is 43.9 Å². The predicted octanol–water partition coefficient (Wildman–Crippen LogP) is 2.35. The molecule has 280 valence electrons. The van der Waals surface area contributed by atoms with Gasteiger partial charge in [-0.05, 0) is 48.8 Å². The highest BCUT2D eigenvalue weighted by Gasteiger charge is 2.34. The maximum absolute atomic E-state index is 13.8. The van der Waals surface area contributed by atoms with Gasteiger partial charge in [0.05, 0.1) is 22.1 Å². The molecule has 0 saturated carbocycles. The number of carboxylic acids is 2. The van der Waals surface area contributed by atoms with Crippen molar-refractivity contribution in [2.75, 3.05) is 11.9 Å². The molecule has 2 aromatic rings. The Bertz CT molecular complexity index is 1520. The molecule has 0 spiro atoms. The number of ether oxygens (including phenoxy) is 1. The molecular weight excluding hydrogens is 709 g/mol. The number of carbonyl (C=O) groups excluding carboxylic acids is 4. The quantitative estimate of drug-likeness (QED) is 0.0975. The van der Waals surface area contributed by atoms with Crippen molar-refractivity contribution >= 4 is 64.5 Å². The highest BCUT2D eigenvalue weighted by molar-refractivity contribution is 6.37. The summed E-state index contributed by atoms with van der Waals surface area (Å²) in [4.78, 5) is 75.0. The number of aliphatic carboxylic acids is 2. The number of nitrogens with two attached hydrogens (primary N) is 1. The Balaban J connectivity index is 2.30. The van der Waals surface area contributed by atoms with Crippen LogP contribution in [-0.2, 0) is 35.2 Å². The second kappa shape index (κ2) is 20.4. The molecule has 0 aromatic heterocycles. The van der Waals surface area contributed by atoms with Crippen molar-refractivity contribution in [1.29, 1.82) is 0 Å². The molecule has 4 amide bonds. The molecule has 0 heterocycles. The van der Waals surface area contributed by atoms with E-state index in [1.807, 2.05) is 13.8 Å². The van der Waals surface area contributed by atoms with Gasteiger partial charge in [0.2, 0.25) is 17.7 Å². The number of nitrogens with one attached hydrogen (secondary N) is 4. The molecule has 0 radical (unpaired) electrons. The minimum absolute atomic E-state index is 0.00585. The van der Waals surface area contributed by atoms with Crippen LogP contribution in [0.3, 0.4) is 0 Å². The number of amides is 4. The third-order valence-corrected chi connectivity index (χ3v) is 8.04. The summed E-state index contributed by atoms with van der Waals surface area (Å²) in [5, 5.41) is 39.2. The summed E-state index contributed by atoms with van der Waals surface area (Å²) in [6, 6.07) is 6.58. The minimum atomic E-state index is -1.83. The van der Waals surface area contributed by atoms with E-state index in [0.717, 1.165) is 0 Å². The Kier molecular flexibility index (Phi) is 17.1. The summed E-state index contributed by atoms with van der Waals surface area (Å²) in [7, 11) is 0. The molecule has 0 aliphatic rings. The van der Waals surface area contributed by atoms with Crippen LogP contribution in [0.1, 0.15) is 52.5 Å². The average molecular weight is 755 g/mol. The molecule has 17 heteroatoms. The monoisotopic (exact) mass is 753 g/mol. The summed E-state index contributed by atoms with van der Waals surface area (Å²) in [6.07, 6.45) is -2.15. The minimum Gasteiger partial charge on any atom is -0.481 e. The zero-order chi connectivity index (χ0) is 38.4. The van der Waals surface area contributed by atoms with Crippen LogP contribution in [0.15, 0.2) is 42.5 Å². The smallest absolute Gasteiger partial charge is 0.341 e. The van der Waals surface area contributed by atoms with Crippen LogP contribution in [0.2, 0.25) is 10.0 Å². The van der Waals surface area contributed by atoms with E-state index in [1.165, 1.54) is 12.1 Å². The molecule has 15 nitrogen and oxygen atoms in total. The molecule has 2 aromatic carbocycles. The van der Waals surface area contributed by atoms with Gasteiger partial charge in [-0.1, -0.05) is 81.2 Å². The standard InChI is InChI=1S/C34H45Cl2N5O10/c1-17(2)12-25(40-33(49)28(18(3)4)41-31(47)23(37)10-11-26(42)43)32(48)39-24(13-19-8-6-5-7-9-19)29(46)34(50)38-20-14-21(35)30(22(36)15-20)51-16-27(44)45/h5-9,14-15,17-18,23-25,28-29,46H,10-13,16,37H2,1-4H3,(H,38,50)(H,39,48)(H,40,49)(H,41,47)(H,42,43)(H,44,45)/t23-,24-,25-,28-,29+/m0/s1. The maximum atomic E-state index is 13.8. The van der Waals surface area contributed by atoms with Gasteiger partial charge >= 0.3 is 11.9 Å². The van der Waals surface area contributed by atoms with Gasteiger partial charge in [0.1, 0.15) is 12.1 Å². The lowest BCUT2D eigenvalue weighted by Crippen LogP contribution is -2.59. The lowest BCUT2D eigenvalue weighted by atomic mass is 9.97. The summed E-state index contributed by atoms with van der Waals surface area (Å²) in [6.45, 7) is 6.29. The van der Waals surface area contributed by atoms with Gasteiger partial charge in [0.25, 0.3) is 5.91 Å². The van der Waals surface area contributed by atoms with Crippen LogP contribution in [0.25, 0.3) is 0 Å². The average Bonchev–Trinajstić information content (AvgIpc) is 3.04. The number of aliphatic hydroxyl groups excluding tert-OH is 1. The van der Waals surface area contributed by atoms with Crippen LogP contribution in [-0.4, -0.2) is 87.8 Å². The van der Waals surface area contributed by atoms with Crippen molar-refractivity contribution in [3.8, 4) is 5.75 Å². The summed E-state index contributed by atoms with van der Waals surface area (Å²) in [5.74, 6) is -6.10. The zero-order valence-corrected chi connectivity index (χ0v) is 30.2. The zero-order valence-electron chi connectivity index (χ0n) is 28.7. The molecule has 0 unspecified atom stereocenters. The van der Waals surface area contributed by atoms with Crippen LogP contribution in [0, 0.1) is 11.8 Å². The fourth-order valence-corrected chi connectivity index (χ4v) is 5.46. The molecule has 0 bridgehead atoms. The van der Waals surface area contributed by atoms with Crippen molar-refractivity contribution in [3.63, 3.8) is 0 Å². The second-order valence-corrected chi connectivity index (χ2v) is 13.5. The van der Waals surface area contributed by atoms with E-state index in [2.05, 4.69) is 21.3 Å². The fraction of sp³-hybridized carbons (Fsp3) is 0.471. The number of halogens is 2. The van der Waals surface area contributed by atoms with Gasteiger partial charge in [0.15, 0.2) is 18.5 Å². The third-order valence-electron chi connectivity index (χ3n) is 7.47. The van der Waals surface area contributed by atoms with Crippen molar-refractivity contribution in [2.24, 2.45) is 17.6 Å². The normalized spacial score (nSPS) is 14.1. The summed E-state index contributed by atoms with van der Waals surface area (Å²) >= 11 is 12.4. The molecule has 0 fully saturated rings. The van der Waals surface area contributed by atoms with Crippen LogP contribution in [0.5, 0.6) is 5.75 Å². The van der Waals surface area contributed by atoms with E-state index in [0.29, 0.717) is 5.56 Å². The number of aliphatic hydroxyl groups is 1. The lowest BCUT2D eigenvalue weighted by molar-refractivity contribution is -0.139. The fourth-order valence-electron chi connectivity index (χ4n) is 4.87. The molecule has 0 saturated heterocycles. The summed E-state index contributed by atoms with van der Waals surface area (Å²) < 4.78 is 5.09. The van der Waals surface area contributed by atoms with Gasteiger partial charge < -0.3 is 47.1 Å². The Hall–Kier alpha value is -4.44. The number of hydrogen-bond donors (Lipinski definition) is 8. The SMILES string of the molecule is CC(C)C[C@H](NC(=O)[C@@H](NC(=O)[C@@H](N)CCC(=O)O)C(C)C)C(=O)N[C@@H](Cc1ccccc1)[C@@H](O)C(=O)Nc1cc(Cl)c(OCC(=O)O)c(Cl)c1. The number of rotatable bonds is 20. The lowest BCUT2D eigenvalue weighted by Gasteiger charge is -2.29. The first kappa shape index (κ1) is 42.7. The van der Waals surface area contributed by atoms with Gasteiger partial charge in [-0.25, -0.2) is 4.79 Å². The molecular formula is C34H45Cl2N5O10. The molecule has 2 rings (SSSR count). The number of carboxylic acid groups (broad SMARTS) is 2. The first-order valence-electron chi connectivity index (χ1n) is 16.1. The van der Waals surface area contributed by atoms with Crippen LogP contribution >= 0.6 is 23.2 Å². The Morgan fingerprint density at radius 1 is 0.824 bits per heavy atom. The summed E-state index contributed by atoms with van der Waals surface area (Å²) in [5.41, 5.74) is 6.55. The van der Waals surface area contributed by atoms with Gasteiger partial charge in [0, 0.05) is 12.1 Å². The molecule has 51 heavy (non-hydrogen) atoms. The maximum Gasteiger partial charge on any atom is 0.341 e. The van der Waals surface area contributed by atoms with Crippen LogP contribution < -0.4 is 31.7 Å². The van der Waals surface area contributed by atoms with E-state index >= 15 is 0 Å². The highest BCUT2D eigenvalue weighted by Crippen LogP contribution is 2.36. The Morgan fingerprint density at radius 2 is 1.43 bits per heavy atom. The highest BCUT2D eigenvalue weighted by atomic mass is 35.5. The number of anilines is 1. The van der Waals surface area contributed by atoms with Crippen molar-refractivity contribution in [3.05, 3.63) is 58.1 Å². The number of benzene rings is 2. The van der Waals surface area contributed by atoms with E-state index in [9.17, 15) is 33.9 Å². The second-order valence-electron chi connectivity index (χ2n) is 12.7. The molecule has 9 N–H and O–H groups in total. The molecule has 0 aliphatic heterocycles. The largest absolute Gasteiger partial charge is 0.481 e. The number of hydrogen-bond acceptors (Lipinski definition) is 9. The third kappa shape index (κ3) is 14.4. The van der Waals surface area contributed by atoms with Gasteiger partial charge in [-0.3, -0.25) is 24.0 Å². The van der Waals surface area contributed by atoms with E-state index < -0.39 is 78.4 Å². The van der Waals surface area contributed by atoms with Crippen LogP contribution in [0.4, 0.5) is 5.69 Å². The van der Waals surface area contributed by atoms with Crippen molar-refractivity contribution < 1.29 is 48.8 Å². The molecule has 5 atom stereocenters. The van der Waals surface area contributed by atoms with Crippen molar-refractivity contribution in [2.45, 2.75) is 83.6 Å². The van der Waals surface area contributed by atoms with Gasteiger partial charge in [-0.15, -0.1) is 0 Å². The Morgan fingerprint density at radius 3 is 1.96 bits per heavy atom. The van der Waals surface area contributed by atoms with E-state index in [-0.39, 0.29) is 53.1 Å². The Labute approximate surface area is 305 Å². The number of carbonyl (C=O) groups is 6. The van der Waals surface area contributed by atoms with Crippen molar-refractivity contribution in [1.82, 2.24) is 16.0 Å². The van der Waals surface area contributed by atoms with Gasteiger partial charge in [-0.2, -0.15) is 0 Å². The van der Waals surface area contributed by atoms with E-state index in [1.54, 1.807) is 44.2 Å². The predicted molar refractivity (Wildman–Crippen MR) is 189 cm³/mol. The molecule has 0 aliphatic carbocycles. The topological polar surface area (TPSA) is 246 Å². The first-order valence-corrected chi connectivity index (χ1v) is 16.9.